The van der Waals surface area contributed by atoms with E-state index in [4.69, 9.17) is 0 Å². The van der Waals surface area contributed by atoms with Crippen LogP contribution in [0.15, 0.2) is 12.8 Å². The molecule has 0 aromatic rings. The van der Waals surface area contributed by atoms with E-state index in [1.165, 1.54) is 5.84 Å². The van der Waals surface area contributed by atoms with E-state index in [2.05, 4.69) is 23.4 Å². The van der Waals surface area contributed by atoms with Crippen molar-refractivity contribution in [3.05, 3.63) is 12.8 Å². The van der Waals surface area contributed by atoms with Gasteiger partial charge in [-0.2, -0.15) is 0 Å². The first-order valence-electron chi connectivity index (χ1n) is 2.81. The SMILES string of the molecule is C=C[N+]1=C(C)NCC1. The molecule has 0 fully saturated rings. The van der Waals surface area contributed by atoms with Gasteiger partial charge in [0.1, 0.15) is 13.1 Å². The molecule has 0 amide bonds. The van der Waals surface area contributed by atoms with E-state index in [1.54, 1.807) is 0 Å². The third-order valence-corrected chi connectivity index (χ3v) is 1.38. The highest BCUT2D eigenvalue weighted by Gasteiger charge is 2.11. The molecule has 0 aromatic heterocycles. The zero-order chi connectivity index (χ0) is 5.98. The first kappa shape index (κ1) is 5.35. The van der Waals surface area contributed by atoms with Crippen molar-refractivity contribution in [1.82, 2.24) is 5.32 Å². The summed E-state index contributed by atoms with van der Waals surface area (Å²) in [5.74, 6) is 1.21. The van der Waals surface area contributed by atoms with Crippen LogP contribution < -0.4 is 5.32 Å². The zero-order valence-corrected chi connectivity index (χ0v) is 5.15. The third kappa shape index (κ3) is 0.735. The van der Waals surface area contributed by atoms with E-state index in [1.807, 2.05) is 6.20 Å². The van der Waals surface area contributed by atoms with E-state index in [0.29, 0.717) is 0 Å². The van der Waals surface area contributed by atoms with E-state index in [9.17, 15) is 0 Å². The van der Waals surface area contributed by atoms with Crippen LogP contribution in [0, 0.1) is 0 Å². The van der Waals surface area contributed by atoms with Crippen LogP contribution in [0.1, 0.15) is 6.92 Å². The zero-order valence-electron chi connectivity index (χ0n) is 5.15. The molecule has 0 unspecified atom stereocenters. The van der Waals surface area contributed by atoms with Crippen LogP contribution >= 0.6 is 0 Å². The molecule has 2 nitrogen and oxygen atoms in total. The lowest BCUT2D eigenvalue weighted by molar-refractivity contribution is -0.445. The Balaban J connectivity index is 2.72. The van der Waals surface area contributed by atoms with Gasteiger partial charge in [0.25, 0.3) is 0 Å². The Morgan fingerprint density at radius 2 is 2.62 bits per heavy atom. The molecule has 1 heterocycles. The number of nitrogens with one attached hydrogen (secondary N) is 1. The van der Waals surface area contributed by atoms with Gasteiger partial charge in [-0.3, -0.25) is 5.32 Å². The summed E-state index contributed by atoms with van der Waals surface area (Å²) in [6.07, 6.45) is 1.84. The van der Waals surface area contributed by atoms with Crippen molar-refractivity contribution in [3.8, 4) is 0 Å². The summed E-state index contributed by atoms with van der Waals surface area (Å²) in [5.41, 5.74) is 0. The summed E-state index contributed by atoms with van der Waals surface area (Å²) in [5, 5.41) is 3.19. The summed E-state index contributed by atoms with van der Waals surface area (Å²) >= 11 is 0. The lowest BCUT2D eigenvalue weighted by Gasteiger charge is -1.86. The summed E-state index contributed by atoms with van der Waals surface area (Å²) in [6, 6.07) is 0. The molecule has 0 atom stereocenters. The van der Waals surface area contributed by atoms with Crippen molar-refractivity contribution < 1.29 is 4.58 Å². The van der Waals surface area contributed by atoms with Gasteiger partial charge in [0.05, 0.1) is 6.20 Å². The number of hydrogen-bond donors (Lipinski definition) is 1. The maximum atomic E-state index is 3.66. The lowest BCUT2D eigenvalue weighted by Crippen LogP contribution is -2.16. The predicted molar refractivity (Wildman–Crippen MR) is 34.0 cm³/mol. The molecule has 2 heteroatoms. The molecular weight excluding hydrogens is 100 g/mol. The molecule has 0 bridgehead atoms. The molecule has 1 rings (SSSR count). The van der Waals surface area contributed by atoms with Gasteiger partial charge in [-0.1, -0.05) is 6.58 Å². The normalized spacial score (nSPS) is 18.6. The van der Waals surface area contributed by atoms with Crippen molar-refractivity contribution in [2.45, 2.75) is 6.92 Å². The largest absolute Gasteiger partial charge is 0.274 e. The number of nitrogens with zero attached hydrogens (tertiary/aromatic N) is 1. The van der Waals surface area contributed by atoms with Crippen molar-refractivity contribution in [3.63, 3.8) is 0 Å². The lowest BCUT2D eigenvalue weighted by atomic mass is 10.6. The minimum Gasteiger partial charge on any atom is -0.274 e. The Bertz CT molecular complexity index is 135. The van der Waals surface area contributed by atoms with Gasteiger partial charge in [0.15, 0.2) is 0 Å². The van der Waals surface area contributed by atoms with Crippen LogP contribution in [0.4, 0.5) is 0 Å². The molecule has 1 N–H and O–H groups in total. The molecule has 8 heavy (non-hydrogen) atoms. The van der Waals surface area contributed by atoms with Gasteiger partial charge in [-0.25, -0.2) is 4.58 Å². The molecule has 0 spiro atoms. The third-order valence-electron chi connectivity index (χ3n) is 1.38. The highest BCUT2D eigenvalue weighted by atomic mass is 15.2. The smallest absolute Gasteiger partial charge is 0.246 e. The number of hydrogen-bond acceptors (Lipinski definition) is 1. The Morgan fingerprint density at radius 1 is 1.88 bits per heavy atom. The topological polar surface area (TPSA) is 15.0 Å². The summed E-state index contributed by atoms with van der Waals surface area (Å²) < 4.78 is 2.10. The van der Waals surface area contributed by atoms with Crippen molar-refractivity contribution in [1.29, 1.82) is 0 Å². The Hall–Kier alpha value is -0.790. The second kappa shape index (κ2) is 1.99. The maximum absolute atomic E-state index is 3.66. The van der Waals surface area contributed by atoms with Crippen LogP contribution in [0.25, 0.3) is 0 Å². The average Bonchev–Trinajstić information content (AvgIpc) is 2.14. The van der Waals surface area contributed by atoms with Gasteiger partial charge in [0.2, 0.25) is 5.84 Å². The van der Waals surface area contributed by atoms with Gasteiger partial charge in [-0.05, 0) is 0 Å². The fraction of sp³-hybridized carbons (Fsp3) is 0.500. The minimum atomic E-state index is 1.05. The van der Waals surface area contributed by atoms with Crippen molar-refractivity contribution >= 4 is 5.84 Å². The van der Waals surface area contributed by atoms with Crippen LogP contribution in [0.5, 0.6) is 0 Å². The molecule has 0 aromatic carbocycles. The Labute approximate surface area is 49.5 Å². The van der Waals surface area contributed by atoms with Crippen LogP contribution in [-0.2, 0) is 0 Å². The summed E-state index contributed by atoms with van der Waals surface area (Å²) in [7, 11) is 0. The van der Waals surface area contributed by atoms with E-state index in [0.717, 1.165) is 13.1 Å². The second-order valence-corrected chi connectivity index (χ2v) is 1.89. The van der Waals surface area contributed by atoms with E-state index >= 15 is 0 Å². The second-order valence-electron chi connectivity index (χ2n) is 1.89. The summed E-state index contributed by atoms with van der Waals surface area (Å²) in [4.78, 5) is 0. The van der Waals surface area contributed by atoms with Gasteiger partial charge in [0, 0.05) is 6.92 Å². The molecule has 44 valence electrons. The Kier molecular flexibility index (Phi) is 1.33. The highest BCUT2D eigenvalue weighted by Crippen LogP contribution is 1.84. The fourth-order valence-corrected chi connectivity index (χ4v) is 0.855. The van der Waals surface area contributed by atoms with Gasteiger partial charge in [-0.15, -0.1) is 0 Å². The molecular formula is C6H11N2+. The van der Waals surface area contributed by atoms with Crippen molar-refractivity contribution in [2.24, 2.45) is 0 Å². The standard InChI is InChI=1S/C6H10N2/c1-3-8-5-4-7-6(8)2/h3H,1,4-5H2,2H3/p+1. The van der Waals surface area contributed by atoms with Gasteiger partial charge >= 0.3 is 0 Å². The molecule has 0 radical (unpaired) electrons. The van der Waals surface area contributed by atoms with Gasteiger partial charge < -0.3 is 0 Å². The molecule has 0 aliphatic carbocycles. The number of amidine groups is 1. The molecule has 0 saturated carbocycles. The molecule has 1 aliphatic heterocycles. The fourth-order valence-electron chi connectivity index (χ4n) is 0.855. The maximum Gasteiger partial charge on any atom is 0.246 e. The van der Waals surface area contributed by atoms with Crippen LogP contribution in [0.3, 0.4) is 0 Å². The molecule has 1 aliphatic rings. The van der Waals surface area contributed by atoms with E-state index < -0.39 is 0 Å². The Morgan fingerprint density at radius 3 is 2.88 bits per heavy atom. The molecule has 0 saturated heterocycles. The van der Waals surface area contributed by atoms with Crippen LogP contribution in [-0.4, -0.2) is 23.5 Å². The van der Waals surface area contributed by atoms with Crippen LogP contribution in [0.2, 0.25) is 0 Å². The first-order chi connectivity index (χ1) is 3.84. The average molecular weight is 111 g/mol. The number of rotatable bonds is 1. The quantitative estimate of drug-likeness (QED) is 0.476. The predicted octanol–water partition coefficient (Wildman–Crippen LogP) is 0.164. The van der Waals surface area contributed by atoms with E-state index in [-0.39, 0.29) is 0 Å². The first-order valence-corrected chi connectivity index (χ1v) is 2.81. The minimum absolute atomic E-state index is 1.05. The van der Waals surface area contributed by atoms with Crippen molar-refractivity contribution in [2.75, 3.05) is 13.1 Å². The monoisotopic (exact) mass is 111 g/mol. The summed E-state index contributed by atoms with van der Waals surface area (Å²) in [6.45, 7) is 7.83. The highest BCUT2D eigenvalue weighted by molar-refractivity contribution is 5.75.